The monoisotopic (exact) mass is 249 g/mol. The second kappa shape index (κ2) is 5.33. The Hall–Kier alpha value is -0.990. The van der Waals surface area contributed by atoms with Crippen molar-refractivity contribution < 1.29 is 0 Å². The van der Waals surface area contributed by atoms with Gasteiger partial charge in [-0.2, -0.15) is 0 Å². The summed E-state index contributed by atoms with van der Waals surface area (Å²) in [4.78, 5) is 4.88. The second-order valence-electron chi connectivity index (χ2n) is 6.21. The Kier molecular flexibility index (Phi) is 3.98. The van der Waals surface area contributed by atoms with Crippen LogP contribution < -0.4 is 5.73 Å². The van der Waals surface area contributed by atoms with Gasteiger partial charge >= 0.3 is 0 Å². The highest BCUT2D eigenvalue weighted by Crippen LogP contribution is 2.42. The fourth-order valence-electron chi connectivity index (χ4n) is 2.65. The molecule has 3 heteroatoms. The van der Waals surface area contributed by atoms with Crippen LogP contribution in [0.2, 0.25) is 0 Å². The van der Waals surface area contributed by atoms with Crippen LogP contribution in [0, 0.1) is 5.92 Å². The summed E-state index contributed by atoms with van der Waals surface area (Å²) >= 11 is 0. The zero-order valence-corrected chi connectivity index (χ0v) is 12.2. The highest BCUT2D eigenvalue weighted by atomic mass is 15.2. The molecule has 0 saturated heterocycles. The molecule has 1 heterocycles. The molecule has 0 spiro atoms. The quantitative estimate of drug-likeness (QED) is 0.831. The third kappa shape index (κ3) is 2.70. The van der Waals surface area contributed by atoms with E-state index in [-0.39, 0.29) is 0 Å². The van der Waals surface area contributed by atoms with Crippen LogP contribution in [-0.2, 0) is 6.54 Å². The maximum atomic E-state index is 6.35. The molecule has 0 amide bonds. The normalized spacial score (nSPS) is 17.4. The molecule has 0 bridgehead atoms. The van der Waals surface area contributed by atoms with Crippen LogP contribution in [0.25, 0.3) is 0 Å². The van der Waals surface area contributed by atoms with Crippen LogP contribution in [0.4, 0.5) is 5.82 Å². The number of nitrogen functional groups attached to an aromatic ring is 1. The molecule has 0 aromatic carbocycles. The van der Waals surface area contributed by atoms with E-state index >= 15 is 0 Å². The number of hydrogen-bond donors (Lipinski definition) is 1. The van der Waals surface area contributed by atoms with Crippen molar-refractivity contribution in [3.05, 3.63) is 11.5 Å². The number of hydrogen-bond acceptors (Lipinski definition) is 2. The molecule has 102 valence electrons. The van der Waals surface area contributed by atoms with Crippen molar-refractivity contribution in [1.82, 2.24) is 9.55 Å². The molecular formula is C15H27N3. The highest BCUT2D eigenvalue weighted by molar-refractivity contribution is 5.41. The standard InChI is InChI=1S/C15H27N3/c1-5-6-11(4)13-14(16)18(9-10(2)3)15(17-13)12-7-8-12/h10-12H,5-9,16H2,1-4H3. The summed E-state index contributed by atoms with van der Waals surface area (Å²) in [7, 11) is 0. The Morgan fingerprint density at radius 1 is 1.33 bits per heavy atom. The Bertz CT molecular complexity index is 402. The molecule has 1 unspecified atom stereocenters. The molecule has 2 rings (SSSR count). The van der Waals surface area contributed by atoms with Gasteiger partial charge < -0.3 is 10.3 Å². The van der Waals surface area contributed by atoms with Gasteiger partial charge in [-0.3, -0.25) is 0 Å². The van der Waals surface area contributed by atoms with Crippen molar-refractivity contribution in [1.29, 1.82) is 0 Å². The third-order valence-electron chi connectivity index (χ3n) is 3.74. The largest absolute Gasteiger partial charge is 0.384 e. The van der Waals surface area contributed by atoms with Gasteiger partial charge in [0.25, 0.3) is 0 Å². The Balaban J connectivity index is 2.31. The van der Waals surface area contributed by atoms with E-state index in [0.29, 0.717) is 17.8 Å². The number of anilines is 1. The lowest BCUT2D eigenvalue weighted by Crippen LogP contribution is -2.11. The maximum Gasteiger partial charge on any atom is 0.127 e. The first-order valence-corrected chi connectivity index (χ1v) is 7.40. The van der Waals surface area contributed by atoms with Crippen LogP contribution in [-0.4, -0.2) is 9.55 Å². The molecule has 1 saturated carbocycles. The Morgan fingerprint density at radius 2 is 2.00 bits per heavy atom. The van der Waals surface area contributed by atoms with Crippen LogP contribution in [0.3, 0.4) is 0 Å². The van der Waals surface area contributed by atoms with Crippen molar-refractivity contribution >= 4 is 5.82 Å². The number of imidazole rings is 1. The fraction of sp³-hybridized carbons (Fsp3) is 0.800. The molecule has 1 atom stereocenters. The molecule has 0 radical (unpaired) electrons. The zero-order chi connectivity index (χ0) is 13.3. The summed E-state index contributed by atoms with van der Waals surface area (Å²) in [6.07, 6.45) is 4.94. The van der Waals surface area contributed by atoms with Crippen LogP contribution in [0.15, 0.2) is 0 Å². The SMILES string of the molecule is CCCC(C)c1nc(C2CC2)n(CC(C)C)c1N. The smallest absolute Gasteiger partial charge is 0.127 e. The van der Waals surface area contributed by atoms with E-state index in [1.807, 2.05) is 0 Å². The highest BCUT2D eigenvalue weighted by Gasteiger charge is 2.31. The number of nitrogens with two attached hydrogens (primary N) is 1. The van der Waals surface area contributed by atoms with E-state index in [0.717, 1.165) is 18.1 Å². The summed E-state index contributed by atoms with van der Waals surface area (Å²) in [5.41, 5.74) is 7.49. The van der Waals surface area contributed by atoms with Gasteiger partial charge in [-0.25, -0.2) is 4.98 Å². The average Bonchev–Trinajstić information content (AvgIpc) is 3.07. The van der Waals surface area contributed by atoms with E-state index in [1.54, 1.807) is 0 Å². The van der Waals surface area contributed by atoms with Crippen molar-refractivity contribution in [3.8, 4) is 0 Å². The lowest BCUT2D eigenvalue weighted by Gasteiger charge is -2.13. The molecule has 18 heavy (non-hydrogen) atoms. The first kappa shape index (κ1) is 13.4. The predicted molar refractivity (Wildman–Crippen MR) is 76.8 cm³/mol. The molecule has 1 aromatic heterocycles. The molecule has 2 N–H and O–H groups in total. The average molecular weight is 249 g/mol. The lowest BCUT2D eigenvalue weighted by atomic mass is 10.0. The number of nitrogens with zero attached hydrogens (tertiary/aromatic N) is 2. The van der Waals surface area contributed by atoms with Crippen molar-refractivity contribution in [3.63, 3.8) is 0 Å². The van der Waals surface area contributed by atoms with Crippen LogP contribution in [0.1, 0.15) is 76.7 Å². The van der Waals surface area contributed by atoms with E-state index in [4.69, 9.17) is 10.7 Å². The van der Waals surface area contributed by atoms with Gasteiger partial charge in [0, 0.05) is 18.4 Å². The minimum absolute atomic E-state index is 0.487. The summed E-state index contributed by atoms with van der Waals surface area (Å²) < 4.78 is 2.28. The van der Waals surface area contributed by atoms with Crippen LogP contribution >= 0.6 is 0 Å². The summed E-state index contributed by atoms with van der Waals surface area (Å²) in [6, 6.07) is 0. The first-order valence-electron chi connectivity index (χ1n) is 7.40. The topological polar surface area (TPSA) is 43.8 Å². The van der Waals surface area contributed by atoms with Gasteiger partial charge in [-0.05, 0) is 25.2 Å². The molecule has 1 aromatic rings. The number of aromatic nitrogens is 2. The van der Waals surface area contributed by atoms with Crippen molar-refractivity contribution in [2.75, 3.05) is 5.73 Å². The molecule has 3 nitrogen and oxygen atoms in total. The maximum absolute atomic E-state index is 6.35. The van der Waals surface area contributed by atoms with Crippen molar-refractivity contribution in [2.45, 2.75) is 71.8 Å². The van der Waals surface area contributed by atoms with E-state index in [2.05, 4.69) is 32.3 Å². The van der Waals surface area contributed by atoms with Crippen molar-refractivity contribution in [2.24, 2.45) is 5.92 Å². The first-order chi connectivity index (χ1) is 8.54. The van der Waals surface area contributed by atoms with Gasteiger partial charge in [-0.15, -0.1) is 0 Å². The molecular weight excluding hydrogens is 222 g/mol. The second-order valence-corrected chi connectivity index (χ2v) is 6.21. The summed E-state index contributed by atoms with van der Waals surface area (Å²) in [6.45, 7) is 9.96. The van der Waals surface area contributed by atoms with Gasteiger partial charge in [0.15, 0.2) is 0 Å². The predicted octanol–water partition coefficient (Wildman–Crippen LogP) is 3.90. The molecule has 1 aliphatic rings. The Labute approximate surface area is 111 Å². The van der Waals surface area contributed by atoms with Gasteiger partial charge in [0.2, 0.25) is 0 Å². The van der Waals surface area contributed by atoms with Gasteiger partial charge in [0.1, 0.15) is 11.6 Å². The molecule has 0 aliphatic heterocycles. The number of rotatable bonds is 6. The van der Waals surface area contributed by atoms with Gasteiger partial charge in [-0.1, -0.05) is 34.1 Å². The summed E-state index contributed by atoms with van der Waals surface area (Å²) in [5, 5.41) is 0. The zero-order valence-electron chi connectivity index (χ0n) is 12.2. The third-order valence-corrected chi connectivity index (χ3v) is 3.74. The molecule has 1 aliphatic carbocycles. The van der Waals surface area contributed by atoms with E-state index in [9.17, 15) is 0 Å². The minimum atomic E-state index is 0.487. The van der Waals surface area contributed by atoms with Gasteiger partial charge in [0.05, 0.1) is 5.69 Å². The minimum Gasteiger partial charge on any atom is -0.384 e. The molecule has 1 fully saturated rings. The fourth-order valence-corrected chi connectivity index (χ4v) is 2.65. The van der Waals surface area contributed by atoms with E-state index < -0.39 is 0 Å². The lowest BCUT2D eigenvalue weighted by molar-refractivity contribution is 0.511. The Morgan fingerprint density at radius 3 is 2.50 bits per heavy atom. The van der Waals surface area contributed by atoms with E-state index in [1.165, 1.54) is 31.5 Å². The summed E-state index contributed by atoms with van der Waals surface area (Å²) in [5.74, 6) is 3.95. The van der Waals surface area contributed by atoms with Crippen LogP contribution in [0.5, 0.6) is 0 Å².